The summed E-state index contributed by atoms with van der Waals surface area (Å²) in [5.41, 5.74) is 1.90. The second-order valence-electron chi connectivity index (χ2n) is 11.3. The molecule has 2 N–H and O–H groups in total. The molecule has 1 aromatic carbocycles. The van der Waals surface area contributed by atoms with E-state index in [9.17, 15) is 14.4 Å². The number of nitrogens with one attached hydrogen (secondary N) is 2. The Morgan fingerprint density at radius 2 is 1.97 bits per heavy atom. The topological polar surface area (TPSA) is 124 Å². The van der Waals surface area contributed by atoms with Gasteiger partial charge >= 0.3 is 11.8 Å². The van der Waals surface area contributed by atoms with Gasteiger partial charge in [-0.1, -0.05) is 19.9 Å². The number of thiazole rings is 1. The van der Waals surface area contributed by atoms with E-state index in [4.69, 9.17) is 9.51 Å². The van der Waals surface area contributed by atoms with Crippen LogP contribution in [0.4, 0.5) is 5.69 Å². The van der Waals surface area contributed by atoms with Crippen molar-refractivity contribution >= 4 is 50.2 Å². The summed E-state index contributed by atoms with van der Waals surface area (Å²) < 4.78 is 6.10. The SMILES string of the molecule is CC1CC(c2nc3cc([C@H]4CCC(C)CN4C(=O)C(=O)Nc4cnc5o[nH]c(=O)c5c4)ccc3s2)CN(C)C1. The van der Waals surface area contributed by atoms with E-state index in [0.29, 0.717) is 18.4 Å². The van der Waals surface area contributed by atoms with Crippen LogP contribution in [0, 0.1) is 11.8 Å². The number of hydrogen-bond donors (Lipinski definition) is 2. The van der Waals surface area contributed by atoms with Crippen LogP contribution in [-0.4, -0.2) is 63.4 Å². The summed E-state index contributed by atoms with van der Waals surface area (Å²) in [5, 5.41) is 6.20. The first kappa shape index (κ1) is 25.7. The summed E-state index contributed by atoms with van der Waals surface area (Å²) >= 11 is 1.76. The van der Waals surface area contributed by atoms with Gasteiger partial charge in [-0.3, -0.25) is 14.4 Å². The smallest absolute Gasteiger partial charge is 0.313 e. The number of amides is 2. The molecule has 2 fully saturated rings. The molecule has 5 heterocycles. The number of aromatic nitrogens is 3. The van der Waals surface area contributed by atoms with Gasteiger partial charge < -0.3 is 19.6 Å². The first-order valence-corrected chi connectivity index (χ1v) is 14.2. The van der Waals surface area contributed by atoms with Crippen LogP contribution >= 0.6 is 11.3 Å². The van der Waals surface area contributed by atoms with E-state index in [1.807, 2.05) is 0 Å². The number of carbonyl (C=O) groups is 2. The molecule has 10 nitrogen and oxygen atoms in total. The molecule has 2 saturated heterocycles. The number of likely N-dealkylation sites (N-methyl/N-ethyl adjacent to an activating group) is 1. The molecule has 6 rings (SSSR count). The fourth-order valence-corrected chi connectivity index (χ4v) is 7.15. The third-order valence-electron chi connectivity index (χ3n) is 7.87. The number of nitrogens with zero attached hydrogens (tertiary/aromatic N) is 4. The minimum Gasteiger partial charge on any atom is -0.358 e. The molecule has 0 spiro atoms. The molecule has 0 bridgehead atoms. The first-order valence-electron chi connectivity index (χ1n) is 13.4. The quantitative estimate of drug-likeness (QED) is 0.369. The monoisotopic (exact) mass is 548 g/mol. The van der Waals surface area contributed by atoms with Gasteiger partial charge in [-0.05, 0) is 61.9 Å². The molecular formula is C28H32N6O4S. The summed E-state index contributed by atoms with van der Waals surface area (Å²) in [6.45, 7) is 7.02. The number of fused-ring (bicyclic) bond motifs is 2. The maximum Gasteiger partial charge on any atom is 0.313 e. The molecular weight excluding hydrogens is 516 g/mol. The Kier molecular flexibility index (Phi) is 6.72. The first-order chi connectivity index (χ1) is 18.7. The zero-order chi connectivity index (χ0) is 27.3. The van der Waals surface area contributed by atoms with Gasteiger partial charge in [-0.15, -0.1) is 11.3 Å². The summed E-state index contributed by atoms with van der Waals surface area (Å²) in [5.74, 6) is -0.0123. The average molecular weight is 549 g/mol. The number of rotatable bonds is 3. The number of likely N-dealkylation sites (tertiary alicyclic amines) is 2. The number of pyridine rings is 1. The van der Waals surface area contributed by atoms with Gasteiger partial charge in [0.05, 0.1) is 33.2 Å². The largest absolute Gasteiger partial charge is 0.358 e. The van der Waals surface area contributed by atoms with Gasteiger partial charge in [-0.2, -0.15) is 5.16 Å². The van der Waals surface area contributed by atoms with Gasteiger partial charge in [0.1, 0.15) is 5.39 Å². The van der Waals surface area contributed by atoms with E-state index in [-0.39, 0.29) is 28.7 Å². The van der Waals surface area contributed by atoms with E-state index in [0.717, 1.165) is 48.1 Å². The Morgan fingerprint density at radius 1 is 1.13 bits per heavy atom. The molecule has 4 aromatic rings. The Labute approximate surface area is 229 Å². The fraction of sp³-hybridized carbons (Fsp3) is 0.464. The minimum absolute atomic E-state index is 0.139. The van der Waals surface area contributed by atoms with Crippen molar-refractivity contribution in [3.05, 3.63) is 51.4 Å². The predicted octanol–water partition coefficient (Wildman–Crippen LogP) is 4.12. The second-order valence-corrected chi connectivity index (χ2v) is 12.3. The molecule has 39 heavy (non-hydrogen) atoms. The Balaban J connectivity index is 1.23. The Bertz CT molecular complexity index is 1600. The lowest BCUT2D eigenvalue weighted by molar-refractivity contribution is -0.146. The van der Waals surface area contributed by atoms with Crippen LogP contribution in [0.5, 0.6) is 0 Å². The number of H-pyrrole nitrogens is 1. The molecule has 11 heteroatoms. The molecule has 0 radical (unpaired) electrons. The third-order valence-corrected chi connectivity index (χ3v) is 9.07. The lowest BCUT2D eigenvalue weighted by Crippen LogP contribution is -2.46. The molecule has 0 aliphatic carbocycles. The second kappa shape index (κ2) is 10.2. The van der Waals surface area contributed by atoms with Crippen LogP contribution < -0.4 is 10.9 Å². The maximum atomic E-state index is 13.4. The van der Waals surface area contributed by atoms with E-state index in [1.165, 1.54) is 17.3 Å². The van der Waals surface area contributed by atoms with Crippen LogP contribution in [0.25, 0.3) is 21.3 Å². The number of carbonyl (C=O) groups excluding carboxylic acids is 2. The van der Waals surface area contributed by atoms with Crippen LogP contribution in [-0.2, 0) is 9.59 Å². The van der Waals surface area contributed by atoms with Crippen molar-refractivity contribution in [3.63, 3.8) is 0 Å². The van der Waals surface area contributed by atoms with Crippen molar-refractivity contribution < 1.29 is 14.1 Å². The van der Waals surface area contributed by atoms with Crippen molar-refractivity contribution in [2.75, 3.05) is 32.0 Å². The third kappa shape index (κ3) is 5.08. The van der Waals surface area contributed by atoms with Crippen LogP contribution in [0.15, 0.2) is 39.8 Å². The van der Waals surface area contributed by atoms with Crippen LogP contribution in [0.1, 0.15) is 55.6 Å². The van der Waals surface area contributed by atoms with Gasteiger partial charge in [-0.25, -0.2) is 9.97 Å². The van der Waals surface area contributed by atoms with Crippen LogP contribution in [0.2, 0.25) is 0 Å². The number of benzene rings is 1. The van der Waals surface area contributed by atoms with Crippen LogP contribution in [0.3, 0.4) is 0 Å². The average Bonchev–Trinajstić information content (AvgIpc) is 3.50. The van der Waals surface area contributed by atoms with Gasteiger partial charge in [0.25, 0.3) is 11.3 Å². The summed E-state index contributed by atoms with van der Waals surface area (Å²) in [7, 11) is 2.17. The molecule has 0 saturated carbocycles. The maximum absolute atomic E-state index is 13.4. The van der Waals surface area contributed by atoms with E-state index in [2.05, 4.69) is 59.5 Å². The lowest BCUT2D eigenvalue weighted by atomic mass is 9.89. The zero-order valence-corrected chi connectivity index (χ0v) is 23.1. The van der Waals surface area contributed by atoms with E-state index >= 15 is 0 Å². The van der Waals surface area contributed by atoms with E-state index in [1.54, 1.807) is 16.2 Å². The highest BCUT2D eigenvalue weighted by atomic mass is 32.1. The Morgan fingerprint density at radius 3 is 2.79 bits per heavy atom. The van der Waals surface area contributed by atoms with Gasteiger partial charge in [0.2, 0.25) is 0 Å². The number of aromatic amines is 1. The molecule has 3 unspecified atom stereocenters. The van der Waals surface area contributed by atoms with Crippen molar-refractivity contribution in [2.24, 2.45) is 11.8 Å². The normalized spacial score (nSPS) is 24.3. The molecule has 3 aromatic heterocycles. The Hall–Kier alpha value is -3.57. The van der Waals surface area contributed by atoms with Gasteiger partial charge in [0, 0.05) is 25.6 Å². The molecule has 2 aliphatic rings. The van der Waals surface area contributed by atoms with Gasteiger partial charge in [0.15, 0.2) is 0 Å². The highest BCUT2D eigenvalue weighted by molar-refractivity contribution is 7.18. The predicted molar refractivity (Wildman–Crippen MR) is 150 cm³/mol. The molecule has 2 aliphatic heterocycles. The highest BCUT2D eigenvalue weighted by Crippen LogP contribution is 2.38. The number of hydrogen-bond acceptors (Lipinski definition) is 8. The lowest BCUT2D eigenvalue weighted by Gasteiger charge is -2.38. The molecule has 204 valence electrons. The number of piperidine rings is 2. The highest BCUT2D eigenvalue weighted by Gasteiger charge is 2.35. The summed E-state index contributed by atoms with van der Waals surface area (Å²) in [6.07, 6.45) is 4.24. The standard InChI is InChI=1S/C28H32N6O4S/c1-15-4-6-22(17-5-7-23-21(9-17)31-27(39-23)18-8-16(2)12-33(3)14-18)34(13-15)28(37)25(36)30-19-10-20-24(35)32-38-26(20)29-11-19/h5,7,9-11,15-16,18,22H,4,6,8,12-14H2,1-3H3,(H,30,36)(H,32,35)/t15?,16?,18?,22-/m1/s1. The molecule has 4 atom stereocenters. The molecule has 2 amide bonds. The zero-order valence-electron chi connectivity index (χ0n) is 22.3. The summed E-state index contributed by atoms with van der Waals surface area (Å²) in [4.78, 5) is 51.5. The minimum atomic E-state index is -0.761. The van der Waals surface area contributed by atoms with Crippen molar-refractivity contribution in [2.45, 2.75) is 45.1 Å². The van der Waals surface area contributed by atoms with Crippen molar-refractivity contribution in [1.29, 1.82) is 0 Å². The van der Waals surface area contributed by atoms with E-state index < -0.39 is 17.4 Å². The fourth-order valence-electron chi connectivity index (χ4n) is 6.09. The summed E-state index contributed by atoms with van der Waals surface area (Å²) in [6, 6.07) is 7.50. The number of anilines is 1. The van der Waals surface area contributed by atoms with Crippen molar-refractivity contribution in [1.82, 2.24) is 24.9 Å². The van der Waals surface area contributed by atoms with Crippen molar-refractivity contribution in [3.8, 4) is 0 Å².